The molecule has 0 radical (unpaired) electrons. The van der Waals surface area contributed by atoms with Crippen LogP contribution in [0.2, 0.25) is 10.2 Å². The van der Waals surface area contributed by atoms with Gasteiger partial charge in [-0.2, -0.15) is 5.10 Å². The number of likely N-dealkylation sites (tertiary alicyclic amines) is 1. The van der Waals surface area contributed by atoms with Crippen molar-refractivity contribution in [3.8, 4) is 0 Å². The summed E-state index contributed by atoms with van der Waals surface area (Å²) in [6.45, 7) is 1.66. The van der Waals surface area contributed by atoms with Crippen molar-refractivity contribution in [1.82, 2.24) is 24.6 Å². The number of hydrogen-bond donors (Lipinski definition) is 2. The van der Waals surface area contributed by atoms with Crippen LogP contribution in [0, 0.1) is 5.92 Å². The van der Waals surface area contributed by atoms with Crippen molar-refractivity contribution in [2.75, 3.05) is 31.6 Å². The van der Waals surface area contributed by atoms with Crippen LogP contribution in [0.1, 0.15) is 37.2 Å². The highest BCUT2D eigenvalue weighted by Gasteiger charge is 2.59. The number of aliphatic hydroxyl groups excluding tert-OH is 1. The van der Waals surface area contributed by atoms with Gasteiger partial charge in [0.1, 0.15) is 6.17 Å². The molecule has 2 N–H and O–H groups in total. The number of nitrogens with zero attached hydrogens (tertiary/aromatic N) is 5. The number of hydrogen-bond acceptors (Lipinski definition) is 7. The molecule has 8 rings (SSSR count). The fraction of sp³-hybridized carbons (Fsp3) is 0.560. The van der Waals surface area contributed by atoms with E-state index in [0.717, 1.165) is 36.1 Å². The van der Waals surface area contributed by atoms with E-state index in [2.05, 4.69) is 20.4 Å². The topological polar surface area (TPSA) is 88.3 Å². The zero-order chi connectivity index (χ0) is 24.6. The Balaban J connectivity index is 1.12. The first-order chi connectivity index (χ1) is 17.4. The Kier molecular flexibility index (Phi) is 5.45. The van der Waals surface area contributed by atoms with Gasteiger partial charge in [-0.3, -0.25) is 4.90 Å². The number of benzene rings is 1. The van der Waals surface area contributed by atoms with E-state index in [1.54, 1.807) is 18.5 Å². The standard InChI is InChI=1S/C25H27Cl2FN6O2/c26-17-3-14-8-29-24(32-20-9-30-34(23(20)27)25-5-13(6-25)7-25)31-19(14)4-16(17)15-1-2-33(10-18(15)28)21-11-36-12-22(21)35/h3-4,8-9,13,15,18,21-22,35H,1-2,5-7,10-12H2,(H,29,31,32)/t13?,15-,18+,21-,22+,25?/m0/s1. The second kappa shape index (κ2) is 8.49. The summed E-state index contributed by atoms with van der Waals surface area (Å²) >= 11 is 13.2. The van der Waals surface area contributed by atoms with Gasteiger partial charge in [0.05, 0.1) is 48.3 Å². The van der Waals surface area contributed by atoms with Gasteiger partial charge < -0.3 is 15.2 Å². The van der Waals surface area contributed by atoms with E-state index in [4.69, 9.17) is 27.9 Å². The molecule has 2 aromatic heterocycles. The summed E-state index contributed by atoms with van der Waals surface area (Å²) in [6.07, 6.45) is 5.79. The van der Waals surface area contributed by atoms with Crippen LogP contribution in [0.25, 0.3) is 10.9 Å². The second-order valence-electron chi connectivity index (χ2n) is 10.8. The van der Waals surface area contributed by atoms with E-state index in [-0.39, 0.29) is 24.0 Å². The van der Waals surface area contributed by atoms with Crippen molar-refractivity contribution in [2.45, 2.75) is 55.5 Å². The first kappa shape index (κ1) is 23.1. The Hall–Kier alpha value is -2.04. The van der Waals surface area contributed by atoms with E-state index in [1.807, 2.05) is 15.6 Å². The number of aromatic nitrogens is 4. The van der Waals surface area contributed by atoms with Crippen LogP contribution in [-0.4, -0.2) is 74.4 Å². The number of ether oxygens (including phenoxy) is 1. The summed E-state index contributed by atoms with van der Waals surface area (Å²) in [7, 11) is 0. The number of anilines is 2. The molecule has 8 nitrogen and oxygen atoms in total. The smallest absolute Gasteiger partial charge is 0.227 e. The van der Waals surface area contributed by atoms with Gasteiger partial charge in [-0.15, -0.1) is 0 Å². The number of fused-ring (bicyclic) bond motifs is 1. The molecule has 5 aliphatic rings. The molecule has 3 aromatic rings. The molecular weight excluding hydrogens is 506 g/mol. The summed E-state index contributed by atoms with van der Waals surface area (Å²) in [5, 5.41) is 19.7. The average molecular weight is 533 g/mol. The van der Waals surface area contributed by atoms with Crippen molar-refractivity contribution < 1.29 is 14.2 Å². The fourth-order valence-corrected chi connectivity index (χ4v) is 7.06. The van der Waals surface area contributed by atoms with Gasteiger partial charge in [0, 0.05) is 29.1 Å². The van der Waals surface area contributed by atoms with Gasteiger partial charge in [0.2, 0.25) is 5.95 Å². The highest BCUT2D eigenvalue weighted by atomic mass is 35.5. The maximum Gasteiger partial charge on any atom is 0.227 e. The summed E-state index contributed by atoms with van der Waals surface area (Å²) in [5.41, 5.74) is 2.20. The van der Waals surface area contributed by atoms with E-state index >= 15 is 4.39 Å². The molecule has 1 aromatic carbocycles. The molecule has 2 aliphatic heterocycles. The normalized spacial score (nSPS) is 33.9. The molecule has 2 bridgehead atoms. The Morgan fingerprint density at radius 3 is 2.69 bits per heavy atom. The minimum atomic E-state index is -1.11. The third kappa shape index (κ3) is 3.62. The molecule has 36 heavy (non-hydrogen) atoms. The molecule has 0 amide bonds. The molecule has 11 heteroatoms. The van der Waals surface area contributed by atoms with Gasteiger partial charge in [0.25, 0.3) is 0 Å². The molecule has 3 aliphatic carbocycles. The van der Waals surface area contributed by atoms with Crippen LogP contribution in [0.4, 0.5) is 16.0 Å². The molecule has 2 saturated heterocycles. The third-order valence-corrected chi connectivity index (χ3v) is 9.26. The van der Waals surface area contributed by atoms with Crippen LogP contribution < -0.4 is 5.32 Å². The number of aliphatic hydroxyl groups is 1. The number of piperidine rings is 1. The predicted octanol–water partition coefficient (Wildman–Crippen LogP) is 4.27. The predicted molar refractivity (Wildman–Crippen MR) is 135 cm³/mol. The van der Waals surface area contributed by atoms with Crippen molar-refractivity contribution in [3.63, 3.8) is 0 Å². The Labute approximate surface area is 217 Å². The minimum Gasteiger partial charge on any atom is -0.389 e. The lowest BCUT2D eigenvalue weighted by Crippen LogP contribution is -2.59. The number of alkyl halides is 1. The first-order valence-corrected chi connectivity index (χ1v) is 13.3. The maximum atomic E-state index is 15.4. The van der Waals surface area contributed by atoms with Crippen LogP contribution in [0.3, 0.4) is 0 Å². The lowest BCUT2D eigenvalue weighted by atomic mass is 9.50. The van der Waals surface area contributed by atoms with Crippen molar-refractivity contribution >= 4 is 45.7 Å². The monoisotopic (exact) mass is 532 g/mol. The molecule has 190 valence electrons. The molecule has 5 fully saturated rings. The number of halogens is 3. The minimum absolute atomic E-state index is 0.0962. The zero-order valence-electron chi connectivity index (χ0n) is 19.6. The molecular formula is C25H27Cl2FN6O2. The highest BCUT2D eigenvalue weighted by molar-refractivity contribution is 6.32. The largest absolute Gasteiger partial charge is 0.389 e. The summed E-state index contributed by atoms with van der Waals surface area (Å²) in [4.78, 5) is 11.1. The van der Waals surface area contributed by atoms with Crippen LogP contribution in [0.5, 0.6) is 0 Å². The first-order valence-electron chi connectivity index (χ1n) is 12.5. The molecule has 0 unspecified atom stereocenters. The van der Waals surface area contributed by atoms with E-state index in [0.29, 0.717) is 53.5 Å². The summed E-state index contributed by atoms with van der Waals surface area (Å²) in [6, 6.07) is 3.53. The zero-order valence-corrected chi connectivity index (χ0v) is 21.1. The lowest BCUT2D eigenvalue weighted by molar-refractivity contribution is -0.0975. The third-order valence-electron chi connectivity index (χ3n) is 8.57. The molecule has 4 atom stereocenters. The Morgan fingerprint density at radius 1 is 1.17 bits per heavy atom. The Bertz CT molecular complexity index is 1320. The van der Waals surface area contributed by atoms with Gasteiger partial charge in [-0.05, 0) is 55.8 Å². The van der Waals surface area contributed by atoms with E-state index in [9.17, 15) is 5.11 Å². The maximum absolute atomic E-state index is 15.4. The quantitative estimate of drug-likeness (QED) is 0.507. The molecule has 4 heterocycles. The summed E-state index contributed by atoms with van der Waals surface area (Å²) < 4.78 is 22.7. The van der Waals surface area contributed by atoms with Crippen molar-refractivity contribution in [3.05, 3.63) is 40.3 Å². The van der Waals surface area contributed by atoms with Gasteiger partial charge in [-0.1, -0.05) is 23.2 Å². The van der Waals surface area contributed by atoms with Gasteiger partial charge in [-0.25, -0.2) is 19.0 Å². The highest BCUT2D eigenvalue weighted by Crippen LogP contribution is 2.63. The fourth-order valence-electron chi connectivity index (χ4n) is 6.43. The lowest BCUT2D eigenvalue weighted by Gasteiger charge is -2.61. The SMILES string of the molecule is O[C@@H]1COC[C@@H]1N1CC[C@@H](c2cc3nc(Nc4cnn(C56CC(C5)C6)c4Cl)ncc3cc2Cl)[C@H](F)C1. The van der Waals surface area contributed by atoms with E-state index in [1.165, 1.54) is 0 Å². The summed E-state index contributed by atoms with van der Waals surface area (Å²) in [5.74, 6) is 0.882. The van der Waals surface area contributed by atoms with Crippen LogP contribution >= 0.6 is 23.2 Å². The molecule has 0 spiro atoms. The number of rotatable bonds is 5. The van der Waals surface area contributed by atoms with E-state index < -0.39 is 12.3 Å². The van der Waals surface area contributed by atoms with Gasteiger partial charge >= 0.3 is 0 Å². The van der Waals surface area contributed by atoms with Gasteiger partial charge in [0.15, 0.2) is 5.15 Å². The Morgan fingerprint density at radius 2 is 2.00 bits per heavy atom. The van der Waals surface area contributed by atoms with Crippen molar-refractivity contribution in [2.24, 2.45) is 5.92 Å². The second-order valence-corrected chi connectivity index (χ2v) is 11.6. The van der Waals surface area contributed by atoms with Crippen molar-refractivity contribution in [1.29, 1.82) is 0 Å². The van der Waals surface area contributed by atoms with Crippen LogP contribution in [0.15, 0.2) is 24.5 Å². The average Bonchev–Trinajstić information content (AvgIpc) is 3.38. The number of nitrogens with one attached hydrogen (secondary N) is 1. The van der Waals surface area contributed by atoms with Crippen LogP contribution in [-0.2, 0) is 10.3 Å². The molecule has 3 saturated carbocycles.